The monoisotopic (exact) mass is 323 g/mol. The van der Waals surface area contributed by atoms with Gasteiger partial charge in [-0.2, -0.15) is 0 Å². The lowest BCUT2D eigenvalue weighted by Gasteiger charge is -2.39. The molecule has 0 bridgehead atoms. The Morgan fingerprint density at radius 2 is 2.05 bits per heavy atom. The lowest BCUT2D eigenvalue weighted by atomic mass is 9.77. The standard InChI is InChI=1S/C15H18BrNO2/c1-10(18)17-8-12-6-11(14(19)7-16)4-5-13(12)15(2,3)9-17/h4-6H,7-9H2,1-3H3. The predicted molar refractivity (Wildman–Crippen MR) is 78.7 cm³/mol. The van der Waals surface area contributed by atoms with Crippen molar-refractivity contribution in [1.82, 2.24) is 4.90 Å². The van der Waals surface area contributed by atoms with Crippen molar-refractivity contribution in [1.29, 1.82) is 0 Å². The van der Waals surface area contributed by atoms with Crippen molar-refractivity contribution >= 4 is 27.6 Å². The van der Waals surface area contributed by atoms with Crippen LogP contribution in [-0.4, -0.2) is 28.5 Å². The molecular formula is C15H18BrNO2. The summed E-state index contributed by atoms with van der Waals surface area (Å²) in [5.74, 6) is 0.150. The summed E-state index contributed by atoms with van der Waals surface area (Å²) in [5.41, 5.74) is 2.95. The molecule has 19 heavy (non-hydrogen) atoms. The van der Waals surface area contributed by atoms with Crippen molar-refractivity contribution in [3.8, 4) is 0 Å². The van der Waals surface area contributed by atoms with E-state index < -0.39 is 0 Å². The highest BCUT2D eigenvalue weighted by molar-refractivity contribution is 9.09. The zero-order chi connectivity index (χ0) is 14.2. The van der Waals surface area contributed by atoms with Crippen LogP contribution in [0.5, 0.6) is 0 Å². The Morgan fingerprint density at radius 3 is 2.63 bits per heavy atom. The molecular weight excluding hydrogens is 306 g/mol. The van der Waals surface area contributed by atoms with Crippen LogP contribution in [-0.2, 0) is 16.8 Å². The second-order valence-electron chi connectivity index (χ2n) is 5.69. The third kappa shape index (κ3) is 2.73. The number of halogens is 1. The first-order valence-electron chi connectivity index (χ1n) is 6.33. The smallest absolute Gasteiger partial charge is 0.219 e. The van der Waals surface area contributed by atoms with Gasteiger partial charge in [0.2, 0.25) is 5.91 Å². The van der Waals surface area contributed by atoms with E-state index >= 15 is 0 Å². The average Bonchev–Trinajstić information content (AvgIpc) is 2.36. The van der Waals surface area contributed by atoms with E-state index in [-0.39, 0.29) is 17.1 Å². The highest BCUT2D eigenvalue weighted by Crippen LogP contribution is 2.34. The number of fused-ring (bicyclic) bond motifs is 1. The number of carbonyl (C=O) groups is 2. The fourth-order valence-corrected chi connectivity index (χ4v) is 3.01. The lowest BCUT2D eigenvalue weighted by molar-refractivity contribution is -0.130. The van der Waals surface area contributed by atoms with Crippen molar-refractivity contribution in [2.45, 2.75) is 32.7 Å². The second-order valence-corrected chi connectivity index (χ2v) is 6.25. The van der Waals surface area contributed by atoms with Crippen LogP contribution in [0.25, 0.3) is 0 Å². The van der Waals surface area contributed by atoms with E-state index in [2.05, 4.69) is 29.8 Å². The van der Waals surface area contributed by atoms with Crippen molar-refractivity contribution < 1.29 is 9.59 Å². The predicted octanol–water partition coefficient (Wildman–Crippen LogP) is 2.90. The third-order valence-corrected chi connectivity index (χ3v) is 4.18. The average molecular weight is 324 g/mol. The summed E-state index contributed by atoms with van der Waals surface area (Å²) in [7, 11) is 0. The summed E-state index contributed by atoms with van der Waals surface area (Å²) in [6.45, 7) is 7.17. The summed E-state index contributed by atoms with van der Waals surface area (Å²) >= 11 is 3.19. The van der Waals surface area contributed by atoms with E-state index in [0.29, 0.717) is 17.4 Å². The van der Waals surface area contributed by atoms with Crippen LogP contribution >= 0.6 is 15.9 Å². The van der Waals surface area contributed by atoms with Gasteiger partial charge in [0.15, 0.2) is 5.78 Å². The van der Waals surface area contributed by atoms with Crippen molar-refractivity contribution in [3.63, 3.8) is 0 Å². The van der Waals surface area contributed by atoms with Gasteiger partial charge < -0.3 is 4.90 Å². The zero-order valence-corrected chi connectivity index (χ0v) is 13.1. The van der Waals surface area contributed by atoms with E-state index in [1.54, 1.807) is 6.92 Å². The molecule has 1 heterocycles. The molecule has 0 aromatic heterocycles. The maximum Gasteiger partial charge on any atom is 0.219 e. The van der Waals surface area contributed by atoms with Gasteiger partial charge in [0, 0.05) is 31.0 Å². The van der Waals surface area contributed by atoms with Crippen LogP contribution in [0.1, 0.15) is 42.3 Å². The lowest BCUT2D eigenvalue weighted by Crippen LogP contribution is -2.44. The van der Waals surface area contributed by atoms with Gasteiger partial charge in [-0.15, -0.1) is 0 Å². The third-order valence-electron chi connectivity index (χ3n) is 3.67. The van der Waals surface area contributed by atoms with Crippen LogP contribution in [0.15, 0.2) is 18.2 Å². The van der Waals surface area contributed by atoms with Gasteiger partial charge in [0.1, 0.15) is 0 Å². The molecule has 1 amide bonds. The molecule has 0 fully saturated rings. The SMILES string of the molecule is CC(=O)N1Cc2cc(C(=O)CBr)ccc2C(C)(C)C1. The van der Waals surface area contributed by atoms with E-state index in [1.807, 2.05) is 23.1 Å². The number of nitrogens with zero attached hydrogens (tertiary/aromatic N) is 1. The molecule has 0 saturated heterocycles. The van der Waals surface area contributed by atoms with Gasteiger partial charge in [-0.05, 0) is 17.2 Å². The molecule has 0 aliphatic carbocycles. The fourth-order valence-electron chi connectivity index (χ4n) is 2.68. The number of alkyl halides is 1. The first kappa shape index (κ1) is 14.3. The Labute approximate surface area is 122 Å². The number of benzene rings is 1. The van der Waals surface area contributed by atoms with Crippen LogP contribution in [0.4, 0.5) is 0 Å². The molecule has 0 spiro atoms. The van der Waals surface area contributed by atoms with Gasteiger partial charge in [-0.25, -0.2) is 0 Å². The largest absolute Gasteiger partial charge is 0.338 e. The first-order chi connectivity index (χ1) is 8.85. The Balaban J connectivity index is 2.45. The van der Waals surface area contributed by atoms with Crippen LogP contribution in [0.3, 0.4) is 0 Å². The zero-order valence-electron chi connectivity index (χ0n) is 11.5. The van der Waals surface area contributed by atoms with Gasteiger partial charge in [0.25, 0.3) is 0 Å². The molecule has 1 aliphatic rings. The maximum atomic E-state index is 11.7. The number of Topliss-reactive ketones (excluding diaryl/α,β-unsaturated/α-hetero) is 1. The summed E-state index contributed by atoms with van der Waals surface area (Å²) in [6.07, 6.45) is 0. The molecule has 4 heteroatoms. The minimum Gasteiger partial charge on any atom is -0.338 e. The maximum absolute atomic E-state index is 11.7. The van der Waals surface area contributed by atoms with E-state index in [0.717, 1.165) is 12.1 Å². The molecule has 0 radical (unpaired) electrons. The highest BCUT2D eigenvalue weighted by atomic mass is 79.9. The van der Waals surface area contributed by atoms with Crippen LogP contribution in [0.2, 0.25) is 0 Å². The number of hydrogen-bond donors (Lipinski definition) is 0. The molecule has 0 N–H and O–H groups in total. The van der Waals surface area contributed by atoms with E-state index in [1.165, 1.54) is 5.56 Å². The second kappa shape index (κ2) is 5.08. The van der Waals surface area contributed by atoms with E-state index in [4.69, 9.17) is 0 Å². The van der Waals surface area contributed by atoms with Crippen LogP contribution in [0, 0.1) is 0 Å². The van der Waals surface area contributed by atoms with E-state index in [9.17, 15) is 9.59 Å². The molecule has 1 aliphatic heterocycles. The minimum atomic E-state index is -0.0742. The van der Waals surface area contributed by atoms with Gasteiger partial charge >= 0.3 is 0 Å². The Kier molecular flexibility index (Phi) is 3.81. The van der Waals surface area contributed by atoms with Crippen molar-refractivity contribution in [3.05, 3.63) is 34.9 Å². The Bertz CT molecular complexity index is 537. The van der Waals surface area contributed by atoms with Gasteiger partial charge in [0.05, 0.1) is 5.33 Å². The molecule has 2 rings (SSSR count). The first-order valence-corrected chi connectivity index (χ1v) is 7.45. The summed E-state index contributed by atoms with van der Waals surface area (Å²) < 4.78 is 0. The quantitative estimate of drug-likeness (QED) is 0.620. The van der Waals surface area contributed by atoms with Gasteiger partial charge in [-0.3, -0.25) is 9.59 Å². The number of hydrogen-bond acceptors (Lipinski definition) is 2. The molecule has 1 aromatic carbocycles. The van der Waals surface area contributed by atoms with Gasteiger partial charge in [-0.1, -0.05) is 41.9 Å². The Hall–Kier alpha value is -1.16. The molecule has 0 saturated carbocycles. The fraction of sp³-hybridized carbons (Fsp3) is 0.467. The normalized spacial score (nSPS) is 16.9. The number of rotatable bonds is 2. The number of carbonyl (C=O) groups excluding carboxylic acids is 2. The molecule has 0 unspecified atom stereocenters. The minimum absolute atomic E-state index is 0.0700. The summed E-state index contributed by atoms with van der Waals surface area (Å²) in [4.78, 5) is 25.2. The highest BCUT2D eigenvalue weighted by Gasteiger charge is 2.32. The molecule has 0 atom stereocenters. The topological polar surface area (TPSA) is 37.4 Å². The molecule has 3 nitrogen and oxygen atoms in total. The Morgan fingerprint density at radius 1 is 1.37 bits per heavy atom. The summed E-state index contributed by atoms with van der Waals surface area (Å²) in [5, 5.41) is 0.325. The van der Waals surface area contributed by atoms with Crippen molar-refractivity contribution in [2.75, 3.05) is 11.9 Å². The van der Waals surface area contributed by atoms with Crippen molar-refractivity contribution in [2.24, 2.45) is 0 Å². The van der Waals surface area contributed by atoms with Crippen LogP contribution < -0.4 is 0 Å². The number of ketones is 1. The molecule has 1 aromatic rings. The summed E-state index contributed by atoms with van der Waals surface area (Å²) in [6, 6.07) is 5.84. The number of amides is 1. The molecule has 102 valence electrons.